The van der Waals surface area contributed by atoms with Crippen LogP contribution in [-0.4, -0.2) is 18.5 Å². The monoisotopic (exact) mass is 325 g/mol. The third-order valence-corrected chi connectivity index (χ3v) is 3.90. The van der Waals surface area contributed by atoms with E-state index >= 15 is 0 Å². The highest BCUT2D eigenvalue weighted by molar-refractivity contribution is 7.10. The number of rotatable bonds is 5. The lowest BCUT2D eigenvalue weighted by molar-refractivity contribution is -0.124. The Labute approximate surface area is 129 Å². The number of amides is 1. The average Bonchev–Trinajstić information content (AvgIpc) is 2.99. The fraction of sp³-hybridized carbons (Fsp3) is 0.200. The number of hydrogen-bond donors (Lipinski definition) is 1. The summed E-state index contributed by atoms with van der Waals surface area (Å²) in [5, 5.41) is 4.50. The van der Waals surface area contributed by atoms with Gasteiger partial charge in [-0.1, -0.05) is 12.1 Å². The standard InChI is InChI=1S/C15H13F2NO3S/c1-9(12-6-3-7-22-12)18-13(19)8-21-15(20)14-10(16)4-2-5-11(14)17/h2-7,9H,8H2,1H3,(H,18,19)/t9-/m1/s1. The number of benzene rings is 1. The largest absolute Gasteiger partial charge is 0.452 e. The normalized spacial score (nSPS) is 11.8. The molecule has 22 heavy (non-hydrogen) atoms. The van der Waals surface area contributed by atoms with Crippen molar-refractivity contribution in [2.24, 2.45) is 0 Å². The molecule has 0 aliphatic rings. The summed E-state index contributed by atoms with van der Waals surface area (Å²) in [5.74, 6) is -3.82. The molecule has 0 radical (unpaired) electrons. The van der Waals surface area contributed by atoms with Crippen LogP contribution >= 0.6 is 11.3 Å². The van der Waals surface area contributed by atoms with E-state index in [9.17, 15) is 18.4 Å². The average molecular weight is 325 g/mol. The molecule has 1 amide bonds. The van der Waals surface area contributed by atoms with Gasteiger partial charge in [0.15, 0.2) is 6.61 Å². The number of carbonyl (C=O) groups excluding carboxylic acids is 2. The Morgan fingerprint density at radius 1 is 1.23 bits per heavy atom. The van der Waals surface area contributed by atoms with Crippen LogP contribution in [0.15, 0.2) is 35.7 Å². The minimum Gasteiger partial charge on any atom is -0.452 e. The molecule has 1 aromatic carbocycles. The van der Waals surface area contributed by atoms with Gasteiger partial charge in [0, 0.05) is 4.88 Å². The van der Waals surface area contributed by atoms with Crippen molar-refractivity contribution in [3.63, 3.8) is 0 Å². The van der Waals surface area contributed by atoms with Crippen LogP contribution in [0.2, 0.25) is 0 Å². The van der Waals surface area contributed by atoms with Gasteiger partial charge in [-0.3, -0.25) is 4.79 Å². The van der Waals surface area contributed by atoms with Crippen molar-refractivity contribution in [1.29, 1.82) is 0 Å². The fourth-order valence-corrected chi connectivity index (χ4v) is 2.52. The molecule has 0 bridgehead atoms. The molecule has 7 heteroatoms. The van der Waals surface area contributed by atoms with E-state index in [0.29, 0.717) is 0 Å². The first-order chi connectivity index (χ1) is 10.5. The maximum Gasteiger partial charge on any atom is 0.344 e. The van der Waals surface area contributed by atoms with Crippen molar-refractivity contribution in [2.75, 3.05) is 6.61 Å². The van der Waals surface area contributed by atoms with E-state index in [-0.39, 0.29) is 6.04 Å². The first-order valence-electron chi connectivity index (χ1n) is 6.43. The van der Waals surface area contributed by atoms with Crippen LogP contribution in [0.3, 0.4) is 0 Å². The highest BCUT2D eigenvalue weighted by Gasteiger charge is 2.20. The topological polar surface area (TPSA) is 55.4 Å². The highest BCUT2D eigenvalue weighted by atomic mass is 32.1. The molecule has 1 N–H and O–H groups in total. The second kappa shape index (κ2) is 7.13. The lowest BCUT2D eigenvalue weighted by atomic mass is 10.2. The summed E-state index contributed by atoms with van der Waals surface area (Å²) in [6, 6.07) is 6.49. The molecule has 116 valence electrons. The Bertz CT molecular complexity index is 653. The van der Waals surface area contributed by atoms with E-state index in [4.69, 9.17) is 0 Å². The molecule has 0 spiro atoms. The quantitative estimate of drug-likeness (QED) is 0.860. The van der Waals surface area contributed by atoms with Crippen LogP contribution in [0.5, 0.6) is 0 Å². The van der Waals surface area contributed by atoms with Gasteiger partial charge in [0.25, 0.3) is 5.91 Å². The van der Waals surface area contributed by atoms with Gasteiger partial charge in [0.2, 0.25) is 0 Å². The van der Waals surface area contributed by atoms with Crippen molar-refractivity contribution in [2.45, 2.75) is 13.0 Å². The summed E-state index contributed by atoms with van der Waals surface area (Å²) in [4.78, 5) is 24.3. The highest BCUT2D eigenvalue weighted by Crippen LogP contribution is 2.18. The first kappa shape index (κ1) is 16.1. The van der Waals surface area contributed by atoms with E-state index in [1.807, 2.05) is 17.5 Å². The molecular formula is C15H13F2NO3S. The zero-order valence-corrected chi connectivity index (χ0v) is 12.5. The van der Waals surface area contributed by atoms with Gasteiger partial charge >= 0.3 is 5.97 Å². The Morgan fingerprint density at radius 2 is 1.91 bits per heavy atom. The van der Waals surface area contributed by atoms with Crippen molar-refractivity contribution in [3.8, 4) is 0 Å². The summed E-state index contributed by atoms with van der Waals surface area (Å²) in [5.41, 5.74) is -0.804. The molecule has 0 aliphatic carbocycles. The fourth-order valence-electron chi connectivity index (χ4n) is 1.79. The van der Waals surface area contributed by atoms with Crippen LogP contribution < -0.4 is 5.32 Å². The summed E-state index contributed by atoms with van der Waals surface area (Å²) in [6.07, 6.45) is 0. The second-order valence-corrected chi connectivity index (χ2v) is 5.46. The van der Waals surface area contributed by atoms with Crippen molar-refractivity contribution >= 4 is 23.2 Å². The van der Waals surface area contributed by atoms with Gasteiger partial charge in [0.1, 0.15) is 17.2 Å². The third-order valence-electron chi connectivity index (χ3n) is 2.85. The number of halogens is 2. The number of thiophene rings is 1. The molecule has 0 saturated heterocycles. The van der Waals surface area contributed by atoms with Crippen LogP contribution in [0.4, 0.5) is 8.78 Å². The Balaban J connectivity index is 1.90. The van der Waals surface area contributed by atoms with E-state index in [0.717, 1.165) is 23.1 Å². The first-order valence-corrected chi connectivity index (χ1v) is 7.31. The molecule has 0 unspecified atom stereocenters. The number of ether oxygens (including phenoxy) is 1. The molecule has 1 aromatic heterocycles. The molecule has 1 atom stereocenters. The smallest absolute Gasteiger partial charge is 0.344 e. The van der Waals surface area contributed by atoms with E-state index in [1.165, 1.54) is 11.3 Å². The molecule has 0 saturated carbocycles. The lowest BCUT2D eigenvalue weighted by Gasteiger charge is -2.12. The number of esters is 1. The van der Waals surface area contributed by atoms with Gasteiger partial charge in [-0.25, -0.2) is 13.6 Å². The van der Waals surface area contributed by atoms with E-state index in [2.05, 4.69) is 10.1 Å². The Kier molecular flexibility index (Phi) is 5.21. The summed E-state index contributed by atoms with van der Waals surface area (Å²) in [7, 11) is 0. The van der Waals surface area contributed by atoms with E-state index < -0.39 is 35.7 Å². The molecule has 2 rings (SSSR count). The van der Waals surface area contributed by atoms with Gasteiger partial charge < -0.3 is 10.1 Å². The van der Waals surface area contributed by atoms with E-state index in [1.54, 1.807) is 6.92 Å². The Hall–Kier alpha value is -2.28. The predicted octanol–water partition coefficient (Wildman–Crippen LogP) is 3.06. The number of carbonyl (C=O) groups is 2. The van der Waals surface area contributed by atoms with Gasteiger partial charge in [-0.2, -0.15) is 0 Å². The molecular weight excluding hydrogens is 312 g/mol. The molecule has 0 aliphatic heterocycles. The van der Waals surface area contributed by atoms with Crippen molar-refractivity contribution in [3.05, 3.63) is 57.8 Å². The number of hydrogen-bond acceptors (Lipinski definition) is 4. The zero-order valence-electron chi connectivity index (χ0n) is 11.6. The maximum absolute atomic E-state index is 13.4. The van der Waals surface area contributed by atoms with Crippen LogP contribution in [0.1, 0.15) is 28.2 Å². The molecule has 4 nitrogen and oxygen atoms in total. The minimum absolute atomic E-state index is 0.239. The van der Waals surface area contributed by atoms with Gasteiger partial charge in [-0.15, -0.1) is 11.3 Å². The minimum atomic E-state index is -1.21. The predicted molar refractivity (Wildman–Crippen MR) is 77.5 cm³/mol. The molecule has 2 aromatic rings. The number of nitrogens with one attached hydrogen (secondary N) is 1. The molecule has 1 heterocycles. The third kappa shape index (κ3) is 3.88. The zero-order chi connectivity index (χ0) is 16.1. The van der Waals surface area contributed by atoms with Crippen LogP contribution in [0, 0.1) is 11.6 Å². The van der Waals surface area contributed by atoms with Crippen molar-refractivity contribution < 1.29 is 23.1 Å². The summed E-state index contributed by atoms with van der Waals surface area (Å²) in [6.45, 7) is 1.17. The second-order valence-electron chi connectivity index (χ2n) is 4.48. The summed E-state index contributed by atoms with van der Waals surface area (Å²) >= 11 is 1.48. The van der Waals surface area contributed by atoms with Gasteiger partial charge in [0.05, 0.1) is 6.04 Å². The maximum atomic E-state index is 13.4. The molecule has 0 fully saturated rings. The van der Waals surface area contributed by atoms with Crippen molar-refractivity contribution in [1.82, 2.24) is 5.32 Å². The van der Waals surface area contributed by atoms with Crippen LogP contribution in [0.25, 0.3) is 0 Å². The SMILES string of the molecule is C[C@@H](NC(=O)COC(=O)c1c(F)cccc1F)c1cccs1. The summed E-state index contributed by atoms with van der Waals surface area (Å²) < 4.78 is 31.4. The van der Waals surface area contributed by atoms with Gasteiger partial charge in [-0.05, 0) is 30.5 Å². The lowest BCUT2D eigenvalue weighted by Crippen LogP contribution is -2.31. The Morgan fingerprint density at radius 3 is 2.50 bits per heavy atom. The van der Waals surface area contributed by atoms with Crippen LogP contribution in [-0.2, 0) is 9.53 Å².